The summed E-state index contributed by atoms with van der Waals surface area (Å²) in [7, 11) is 0. The van der Waals surface area contributed by atoms with Crippen LogP contribution in [0.2, 0.25) is 0 Å². The van der Waals surface area contributed by atoms with Crippen LogP contribution in [0.25, 0.3) is 11.0 Å². The maximum Gasteiger partial charge on any atom is 0.109 e. The van der Waals surface area contributed by atoms with Gasteiger partial charge < -0.3 is 10.3 Å². The number of nitrogens with zero attached hydrogens (tertiary/aromatic N) is 3. The summed E-state index contributed by atoms with van der Waals surface area (Å²) in [6, 6.07) is 2.26. The van der Waals surface area contributed by atoms with Gasteiger partial charge in [0.15, 0.2) is 0 Å². The fraction of sp³-hybridized carbons (Fsp3) is 0.538. The maximum absolute atomic E-state index is 5.81. The molecular weight excluding hydrogens is 212 g/mol. The monoisotopic (exact) mass is 232 g/mol. The molecule has 92 valence electrons. The van der Waals surface area contributed by atoms with Crippen molar-refractivity contribution in [2.24, 2.45) is 5.73 Å². The predicted molar refractivity (Wildman–Crippen MR) is 69.8 cm³/mol. The Kier molecular flexibility index (Phi) is 3.74. The lowest BCUT2D eigenvalue weighted by Crippen LogP contribution is -2.16. The average molecular weight is 232 g/mol. The lowest BCUT2D eigenvalue weighted by Gasteiger charge is -2.08. The largest absolute Gasteiger partial charge is 0.328 e. The molecule has 2 N–H and O–H groups in total. The molecule has 17 heavy (non-hydrogen) atoms. The third-order valence-corrected chi connectivity index (χ3v) is 2.90. The Morgan fingerprint density at radius 1 is 1.47 bits per heavy atom. The molecule has 0 aromatic carbocycles. The number of fused-ring (bicyclic) bond motifs is 1. The second kappa shape index (κ2) is 5.27. The number of hydrogen-bond donors (Lipinski definition) is 1. The van der Waals surface area contributed by atoms with E-state index in [-0.39, 0.29) is 6.04 Å². The topological polar surface area (TPSA) is 56.7 Å². The molecule has 0 fully saturated rings. The number of hydrogen-bond acceptors (Lipinski definition) is 3. The third kappa shape index (κ3) is 2.64. The minimum Gasteiger partial charge on any atom is -0.328 e. The van der Waals surface area contributed by atoms with Gasteiger partial charge in [0.1, 0.15) is 11.3 Å². The van der Waals surface area contributed by atoms with Crippen molar-refractivity contribution in [3.63, 3.8) is 0 Å². The molecule has 0 aliphatic heterocycles. The van der Waals surface area contributed by atoms with Gasteiger partial charge in [-0.25, -0.2) is 4.98 Å². The van der Waals surface area contributed by atoms with Crippen LogP contribution in [0, 0.1) is 0 Å². The summed E-state index contributed by atoms with van der Waals surface area (Å²) in [6.07, 6.45) is 6.67. The van der Waals surface area contributed by atoms with Gasteiger partial charge in [-0.15, -0.1) is 0 Å². The van der Waals surface area contributed by atoms with Gasteiger partial charge in [-0.1, -0.05) is 6.92 Å². The number of aromatic nitrogens is 3. The normalized spacial score (nSPS) is 13.1. The molecule has 0 radical (unpaired) electrons. The van der Waals surface area contributed by atoms with Crippen LogP contribution in [0.4, 0.5) is 0 Å². The van der Waals surface area contributed by atoms with E-state index in [1.807, 2.05) is 25.4 Å². The highest BCUT2D eigenvalue weighted by atomic mass is 15.1. The molecule has 0 saturated carbocycles. The van der Waals surface area contributed by atoms with E-state index in [0.717, 1.165) is 37.1 Å². The Bertz CT molecular complexity index is 487. The molecule has 4 heteroatoms. The molecule has 0 aliphatic rings. The van der Waals surface area contributed by atoms with Gasteiger partial charge in [0, 0.05) is 25.2 Å². The van der Waals surface area contributed by atoms with Crippen molar-refractivity contribution in [3.05, 3.63) is 24.3 Å². The highest BCUT2D eigenvalue weighted by Crippen LogP contribution is 2.16. The molecule has 2 rings (SSSR count). The van der Waals surface area contributed by atoms with Gasteiger partial charge in [-0.2, -0.15) is 0 Å². The van der Waals surface area contributed by atoms with Crippen molar-refractivity contribution in [2.45, 2.75) is 45.7 Å². The van der Waals surface area contributed by atoms with E-state index in [1.54, 1.807) is 0 Å². The zero-order chi connectivity index (χ0) is 12.3. The van der Waals surface area contributed by atoms with Gasteiger partial charge in [0.05, 0.1) is 11.7 Å². The smallest absolute Gasteiger partial charge is 0.109 e. The van der Waals surface area contributed by atoms with E-state index < -0.39 is 0 Å². The summed E-state index contributed by atoms with van der Waals surface area (Å²) in [5.74, 6) is 1.13. The van der Waals surface area contributed by atoms with Crippen LogP contribution >= 0.6 is 0 Å². The Balaban J connectivity index is 2.35. The fourth-order valence-electron chi connectivity index (χ4n) is 2.05. The minimum atomic E-state index is 0.225. The van der Waals surface area contributed by atoms with Crippen LogP contribution in [0.1, 0.15) is 32.5 Å². The van der Waals surface area contributed by atoms with Gasteiger partial charge in [-0.05, 0) is 25.8 Å². The first-order valence-corrected chi connectivity index (χ1v) is 6.27. The zero-order valence-corrected chi connectivity index (χ0v) is 10.6. The van der Waals surface area contributed by atoms with E-state index >= 15 is 0 Å². The Labute approximate surface area is 102 Å². The molecule has 4 nitrogen and oxygen atoms in total. The summed E-state index contributed by atoms with van der Waals surface area (Å²) >= 11 is 0. The highest BCUT2D eigenvalue weighted by Gasteiger charge is 2.10. The van der Waals surface area contributed by atoms with Crippen LogP contribution in [0.3, 0.4) is 0 Å². The lowest BCUT2D eigenvalue weighted by molar-refractivity contribution is 0.601. The summed E-state index contributed by atoms with van der Waals surface area (Å²) < 4.78 is 2.29. The van der Waals surface area contributed by atoms with Crippen molar-refractivity contribution in [3.8, 4) is 0 Å². The van der Waals surface area contributed by atoms with Gasteiger partial charge in [-0.3, -0.25) is 4.98 Å². The summed E-state index contributed by atoms with van der Waals surface area (Å²) in [5, 5.41) is 0. The van der Waals surface area contributed by atoms with Crippen LogP contribution in [-0.4, -0.2) is 20.6 Å². The molecular formula is C13H20N4. The Morgan fingerprint density at radius 2 is 2.29 bits per heavy atom. The number of rotatable bonds is 5. The SMILES string of the molecule is CCCn1c(CCC(C)N)nc2cnccc21. The molecule has 1 atom stereocenters. The van der Waals surface area contributed by atoms with Crippen molar-refractivity contribution >= 4 is 11.0 Å². The molecule has 0 amide bonds. The molecule has 0 saturated heterocycles. The van der Waals surface area contributed by atoms with E-state index in [4.69, 9.17) is 5.73 Å². The lowest BCUT2D eigenvalue weighted by atomic mass is 10.2. The Morgan fingerprint density at radius 3 is 3.00 bits per heavy atom. The quantitative estimate of drug-likeness (QED) is 0.859. The zero-order valence-electron chi connectivity index (χ0n) is 10.6. The van der Waals surface area contributed by atoms with Crippen molar-refractivity contribution in [1.29, 1.82) is 0 Å². The van der Waals surface area contributed by atoms with Crippen molar-refractivity contribution < 1.29 is 0 Å². The van der Waals surface area contributed by atoms with E-state index in [9.17, 15) is 0 Å². The van der Waals surface area contributed by atoms with Crippen LogP contribution < -0.4 is 5.73 Å². The first kappa shape index (κ1) is 12.0. The molecule has 1 unspecified atom stereocenters. The number of pyridine rings is 1. The van der Waals surface area contributed by atoms with Gasteiger partial charge in [0.25, 0.3) is 0 Å². The summed E-state index contributed by atoms with van der Waals surface area (Å²) in [4.78, 5) is 8.77. The molecule has 2 aromatic rings. The second-order valence-corrected chi connectivity index (χ2v) is 4.56. The molecule has 0 aliphatic carbocycles. The first-order valence-electron chi connectivity index (χ1n) is 6.27. The number of aryl methyl sites for hydroxylation is 2. The van der Waals surface area contributed by atoms with E-state index in [2.05, 4.69) is 21.5 Å². The number of nitrogens with two attached hydrogens (primary N) is 1. The number of imidazole rings is 1. The van der Waals surface area contributed by atoms with E-state index in [0.29, 0.717) is 0 Å². The van der Waals surface area contributed by atoms with Gasteiger partial charge in [0.2, 0.25) is 0 Å². The minimum absolute atomic E-state index is 0.225. The van der Waals surface area contributed by atoms with Crippen LogP contribution in [0.15, 0.2) is 18.5 Å². The maximum atomic E-state index is 5.81. The average Bonchev–Trinajstić information content (AvgIpc) is 2.66. The molecule has 0 spiro atoms. The first-order chi connectivity index (χ1) is 8.22. The summed E-state index contributed by atoms with van der Waals surface area (Å²) in [5.41, 5.74) is 7.98. The van der Waals surface area contributed by atoms with Crippen molar-refractivity contribution in [1.82, 2.24) is 14.5 Å². The predicted octanol–water partition coefficient (Wildman–Crippen LogP) is 2.12. The summed E-state index contributed by atoms with van der Waals surface area (Å²) in [6.45, 7) is 5.23. The fourth-order valence-corrected chi connectivity index (χ4v) is 2.05. The van der Waals surface area contributed by atoms with Crippen LogP contribution in [0.5, 0.6) is 0 Å². The van der Waals surface area contributed by atoms with Gasteiger partial charge >= 0.3 is 0 Å². The third-order valence-electron chi connectivity index (χ3n) is 2.90. The molecule has 2 aromatic heterocycles. The molecule has 2 heterocycles. The highest BCUT2D eigenvalue weighted by molar-refractivity contribution is 5.74. The Hall–Kier alpha value is -1.42. The van der Waals surface area contributed by atoms with E-state index in [1.165, 1.54) is 5.52 Å². The molecule has 0 bridgehead atoms. The van der Waals surface area contributed by atoms with Crippen LogP contribution in [-0.2, 0) is 13.0 Å². The second-order valence-electron chi connectivity index (χ2n) is 4.56. The standard InChI is InChI=1S/C13H20N4/c1-3-8-17-12-6-7-15-9-11(12)16-13(17)5-4-10(2)14/h6-7,9-10H,3-5,8,14H2,1-2H3. The van der Waals surface area contributed by atoms with Crippen molar-refractivity contribution in [2.75, 3.05) is 0 Å².